The second-order valence-electron chi connectivity index (χ2n) is 4.66. The molecule has 19 heavy (non-hydrogen) atoms. The van der Waals surface area contributed by atoms with E-state index in [0.717, 1.165) is 0 Å². The molecule has 1 aliphatic rings. The minimum Gasteiger partial charge on any atom is -0.466 e. The smallest absolute Gasteiger partial charge is 0.308 e. The molecular formula is C14H22O5. The summed E-state index contributed by atoms with van der Waals surface area (Å²) >= 11 is 0. The Morgan fingerprint density at radius 3 is 2.63 bits per heavy atom. The van der Waals surface area contributed by atoms with E-state index in [2.05, 4.69) is 0 Å². The molecule has 0 saturated heterocycles. The highest BCUT2D eigenvalue weighted by atomic mass is 16.5. The second kappa shape index (κ2) is 8.04. The molecule has 0 aromatic carbocycles. The molecule has 0 N–H and O–H groups in total. The van der Waals surface area contributed by atoms with Crippen molar-refractivity contribution in [2.45, 2.75) is 39.5 Å². The molecule has 0 heterocycles. The average molecular weight is 270 g/mol. The van der Waals surface area contributed by atoms with Crippen LogP contribution >= 0.6 is 0 Å². The largest absolute Gasteiger partial charge is 0.466 e. The van der Waals surface area contributed by atoms with Gasteiger partial charge in [0.25, 0.3) is 0 Å². The van der Waals surface area contributed by atoms with Crippen molar-refractivity contribution in [2.75, 3.05) is 19.8 Å². The van der Waals surface area contributed by atoms with E-state index in [-0.39, 0.29) is 36.3 Å². The predicted molar refractivity (Wildman–Crippen MR) is 68.6 cm³/mol. The van der Waals surface area contributed by atoms with Crippen LogP contribution in [0, 0.1) is 11.8 Å². The third kappa shape index (κ3) is 4.74. The molecule has 1 saturated carbocycles. The predicted octanol–water partition coefficient (Wildman–Crippen LogP) is 1.53. The van der Waals surface area contributed by atoms with Crippen molar-refractivity contribution in [1.82, 2.24) is 0 Å². The van der Waals surface area contributed by atoms with E-state index in [1.165, 1.54) is 0 Å². The van der Waals surface area contributed by atoms with Gasteiger partial charge < -0.3 is 9.47 Å². The second-order valence-corrected chi connectivity index (χ2v) is 4.66. The van der Waals surface area contributed by atoms with Crippen LogP contribution in [0.15, 0.2) is 0 Å². The molecule has 2 atom stereocenters. The van der Waals surface area contributed by atoms with Crippen LogP contribution in [-0.4, -0.2) is 37.4 Å². The first-order chi connectivity index (χ1) is 9.10. The van der Waals surface area contributed by atoms with Crippen molar-refractivity contribution in [1.29, 1.82) is 0 Å². The minimum atomic E-state index is -0.649. The minimum absolute atomic E-state index is 0.0537. The first-order valence-electron chi connectivity index (χ1n) is 6.89. The van der Waals surface area contributed by atoms with Crippen LogP contribution in [0.2, 0.25) is 0 Å². The number of Topliss-reactive ketones (excluding diaryl/α,β-unsaturated/α-hetero) is 2. The van der Waals surface area contributed by atoms with Gasteiger partial charge in [0.05, 0.1) is 25.0 Å². The molecule has 108 valence electrons. The molecular weight excluding hydrogens is 248 g/mol. The monoisotopic (exact) mass is 270 g/mol. The fourth-order valence-corrected chi connectivity index (χ4v) is 2.30. The number of rotatable bonds is 7. The van der Waals surface area contributed by atoms with E-state index >= 15 is 0 Å². The standard InChI is InChI=1S/C14H22O5/c1-3-18-8-7-13(16)11-9-10(5-6-12(11)15)14(17)19-4-2/h10-11H,3-9H2,1-2H3. The maximum Gasteiger partial charge on any atom is 0.308 e. The summed E-state index contributed by atoms with van der Waals surface area (Å²) in [5, 5.41) is 0. The number of ether oxygens (including phenoxy) is 2. The van der Waals surface area contributed by atoms with Gasteiger partial charge in [0.2, 0.25) is 0 Å². The Morgan fingerprint density at radius 1 is 1.26 bits per heavy atom. The quantitative estimate of drug-likeness (QED) is 0.398. The average Bonchev–Trinajstić information content (AvgIpc) is 2.39. The van der Waals surface area contributed by atoms with Crippen LogP contribution in [0.1, 0.15) is 39.5 Å². The van der Waals surface area contributed by atoms with Crippen LogP contribution in [0.4, 0.5) is 0 Å². The van der Waals surface area contributed by atoms with Crippen LogP contribution in [0.25, 0.3) is 0 Å². The molecule has 0 aliphatic heterocycles. The van der Waals surface area contributed by atoms with Crippen molar-refractivity contribution < 1.29 is 23.9 Å². The number of esters is 1. The highest BCUT2D eigenvalue weighted by Crippen LogP contribution is 2.28. The molecule has 0 amide bonds. The van der Waals surface area contributed by atoms with Crippen LogP contribution in [-0.2, 0) is 23.9 Å². The van der Waals surface area contributed by atoms with Gasteiger partial charge in [-0.25, -0.2) is 0 Å². The SMILES string of the molecule is CCOCCC(=O)C1CC(C(=O)OCC)CCC1=O. The number of carbonyl (C=O) groups is 3. The van der Waals surface area contributed by atoms with E-state index in [1.807, 2.05) is 6.92 Å². The summed E-state index contributed by atoms with van der Waals surface area (Å²) in [6, 6.07) is 0. The van der Waals surface area contributed by atoms with E-state index in [9.17, 15) is 14.4 Å². The third-order valence-electron chi connectivity index (χ3n) is 3.35. The summed E-state index contributed by atoms with van der Waals surface area (Å²) in [6.07, 6.45) is 1.31. The topological polar surface area (TPSA) is 69.7 Å². The van der Waals surface area contributed by atoms with Crippen molar-refractivity contribution in [2.24, 2.45) is 11.8 Å². The Labute approximate surface area is 113 Å². The lowest BCUT2D eigenvalue weighted by Crippen LogP contribution is -2.35. The molecule has 0 aromatic heterocycles. The highest BCUT2D eigenvalue weighted by molar-refractivity contribution is 6.03. The number of hydrogen-bond donors (Lipinski definition) is 0. The summed E-state index contributed by atoms with van der Waals surface area (Å²) in [5.41, 5.74) is 0. The van der Waals surface area contributed by atoms with Gasteiger partial charge >= 0.3 is 5.97 Å². The summed E-state index contributed by atoms with van der Waals surface area (Å²) in [6.45, 7) is 4.82. The maximum absolute atomic E-state index is 12.0. The summed E-state index contributed by atoms with van der Waals surface area (Å²) < 4.78 is 10.1. The first-order valence-corrected chi connectivity index (χ1v) is 6.89. The lowest BCUT2D eigenvalue weighted by molar-refractivity contribution is -0.151. The molecule has 5 heteroatoms. The van der Waals surface area contributed by atoms with Gasteiger partial charge in [0.15, 0.2) is 0 Å². The highest BCUT2D eigenvalue weighted by Gasteiger charge is 2.36. The number of carbonyl (C=O) groups excluding carboxylic acids is 3. The zero-order valence-electron chi connectivity index (χ0n) is 11.6. The van der Waals surface area contributed by atoms with E-state index in [4.69, 9.17) is 9.47 Å². The van der Waals surface area contributed by atoms with Gasteiger partial charge in [-0.2, -0.15) is 0 Å². The normalized spacial score (nSPS) is 23.2. The summed E-state index contributed by atoms with van der Waals surface area (Å²) in [7, 11) is 0. The fourth-order valence-electron chi connectivity index (χ4n) is 2.30. The Balaban J connectivity index is 2.53. The van der Waals surface area contributed by atoms with Gasteiger partial charge in [-0.05, 0) is 26.7 Å². The van der Waals surface area contributed by atoms with Gasteiger partial charge in [-0.15, -0.1) is 0 Å². The molecule has 1 rings (SSSR count). The zero-order valence-corrected chi connectivity index (χ0v) is 11.6. The van der Waals surface area contributed by atoms with Gasteiger partial charge in [-0.3, -0.25) is 14.4 Å². The summed E-state index contributed by atoms with van der Waals surface area (Å²) in [4.78, 5) is 35.4. The molecule has 0 bridgehead atoms. The molecule has 1 fully saturated rings. The van der Waals surface area contributed by atoms with Crippen molar-refractivity contribution in [3.63, 3.8) is 0 Å². The Kier molecular flexibility index (Phi) is 6.70. The van der Waals surface area contributed by atoms with Crippen molar-refractivity contribution in [3.8, 4) is 0 Å². The van der Waals surface area contributed by atoms with Gasteiger partial charge in [-0.1, -0.05) is 0 Å². The van der Waals surface area contributed by atoms with Crippen molar-refractivity contribution >= 4 is 17.5 Å². The molecule has 0 spiro atoms. The third-order valence-corrected chi connectivity index (χ3v) is 3.35. The van der Waals surface area contributed by atoms with Crippen LogP contribution < -0.4 is 0 Å². The van der Waals surface area contributed by atoms with Crippen LogP contribution in [0.3, 0.4) is 0 Å². The molecule has 0 radical (unpaired) electrons. The molecule has 5 nitrogen and oxygen atoms in total. The lowest BCUT2D eigenvalue weighted by Gasteiger charge is -2.25. The molecule has 0 aromatic rings. The Bertz CT molecular complexity index is 337. The van der Waals surface area contributed by atoms with Gasteiger partial charge in [0, 0.05) is 19.4 Å². The first kappa shape index (κ1) is 15.8. The van der Waals surface area contributed by atoms with E-state index in [0.29, 0.717) is 32.7 Å². The van der Waals surface area contributed by atoms with E-state index in [1.54, 1.807) is 6.92 Å². The van der Waals surface area contributed by atoms with Crippen LogP contribution in [0.5, 0.6) is 0 Å². The fraction of sp³-hybridized carbons (Fsp3) is 0.786. The Hall–Kier alpha value is -1.23. The van der Waals surface area contributed by atoms with E-state index < -0.39 is 5.92 Å². The number of ketones is 2. The molecule has 2 unspecified atom stereocenters. The van der Waals surface area contributed by atoms with Crippen molar-refractivity contribution in [3.05, 3.63) is 0 Å². The maximum atomic E-state index is 12.0. The van der Waals surface area contributed by atoms with Gasteiger partial charge in [0.1, 0.15) is 11.6 Å². The zero-order chi connectivity index (χ0) is 14.3. The lowest BCUT2D eigenvalue weighted by atomic mass is 9.78. The Morgan fingerprint density at radius 2 is 2.00 bits per heavy atom. The summed E-state index contributed by atoms with van der Waals surface area (Å²) in [5.74, 6) is -1.44. The number of hydrogen-bond acceptors (Lipinski definition) is 5. The molecule has 1 aliphatic carbocycles.